The van der Waals surface area contributed by atoms with Gasteiger partial charge in [0.25, 0.3) is 0 Å². The molecule has 2 N–H and O–H groups in total. The van der Waals surface area contributed by atoms with E-state index in [1.165, 1.54) is 0 Å². The highest BCUT2D eigenvalue weighted by Gasteiger charge is 2.26. The zero-order chi connectivity index (χ0) is 13.2. The van der Waals surface area contributed by atoms with Crippen molar-refractivity contribution in [3.05, 3.63) is 28.8 Å². The molecule has 1 fully saturated rings. The van der Waals surface area contributed by atoms with Crippen LogP contribution in [0.2, 0.25) is 5.02 Å². The zero-order valence-electron chi connectivity index (χ0n) is 11.1. The van der Waals surface area contributed by atoms with Crippen LogP contribution in [0.5, 0.6) is 5.75 Å². The molecule has 2 rings (SSSR count). The summed E-state index contributed by atoms with van der Waals surface area (Å²) in [5.74, 6) is 0.903. The summed E-state index contributed by atoms with van der Waals surface area (Å²) in [6.45, 7) is 5.06. The lowest BCUT2D eigenvalue weighted by Crippen LogP contribution is -2.47. The van der Waals surface area contributed by atoms with E-state index in [-0.39, 0.29) is 5.54 Å². The molecule has 3 nitrogen and oxygen atoms in total. The molecule has 1 aliphatic heterocycles. The number of halogens is 1. The first-order valence-corrected chi connectivity index (χ1v) is 6.72. The molecule has 0 saturated carbocycles. The molecule has 0 amide bonds. The van der Waals surface area contributed by atoms with Gasteiger partial charge < -0.3 is 10.5 Å². The lowest BCUT2D eigenvalue weighted by molar-refractivity contribution is 0.164. The van der Waals surface area contributed by atoms with E-state index in [2.05, 4.69) is 11.8 Å². The summed E-state index contributed by atoms with van der Waals surface area (Å²) in [5, 5.41) is 0.756. The van der Waals surface area contributed by atoms with E-state index in [0.29, 0.717) is 0 Å². The van der Waals surface area contributed by atoms with E-state index >= 15 is 0 Å². The highest BCUT2D eigenvalue weighted by Crippen LogP contribution is 2.26. The van der Waals surface area contributed by atoms with Crippen LogP contribution in [0.25, 0.3) is 0 Å². The van der Waals surface area contributed by atoms with Crippen LogP contribution < -0.4 is 10.5 Å². The summed E-state index contributed by atoms with van der Waals surface area (Å²) in [4.78, 5) is 2.41. The fourth-order valence-corrected chi connectivity index (χ4v) is 2.53. The Kier molecular flexibility index (Phi) is 4.15. The van der Waals surface area contributed by atoms with Crippen LogP contribution in [0.15, 0.2) is 18.2 Å². The second kappa shape index (κ2) is 5.47. The summed E-state index contributed by atoms with van der Waals surface area (Å²) >= 11 is 6.04. The van der Waals surface area contributed by atoms with Crippen molar-refractivity contribution in [2.45, 2.75) is 31.8 Å². The summed E-state index contributed by atoms with van der Waals surface area (Å²) in [7, 11) is 1.69. The minimum Gasteiger partial charge on any atom is -0.496 e. The molecule has 0 aliphatic carbocycles. The third-order valence-electron chi connectivity index (χ3n) is 3.63. The quantitative estimate of drug-likeness (QED) is 0.916. The van der Waals surface area contributed by atoms with E-state index in [4.69, 9.17) is 22.1 Å². The SMILES string of the molecule is COc1ccc(Cl)cc1CN1CCC(C)(N)CC1. The average molecular weight is 269 g/mol. The lowest BCUT2D eigenvalue weighted by Gasteiger charge is -2.36. The van der Waals surface area contributed by atoms with Gasteiger partial charge in [-0.05, 0) is 38.0 Å². The number of benzene rings is 1. The van der Waals surface area contributed by atoms with Gasteiger partial charge in [-0.2, -0.15) is 0 Å². The number of hydrogen-bond acceptors (Lipinski definition) is 3. The molecule has 4 heteroatoms. The molecule has 0 radical (unpaired) electrons. The van der Waals surface area contributed by atoms with Crippen molar-refractivity contribution in [3.8, 4) is 5.75 Å². The minimum atomic E-state index is -0.00504. The van der Waals surface area contributed by atoms with E-state index in [1.54, 1.807) is 7.11 Å². The van der Waals surface area contributed by atoms with E-state index in [1.807, 2.05) is 18.2 Å². The van der Waals surface area contributed by atoms with Crippen LogP contribution in [0, 0.1) is 0 Å². The number of hydrogen-bond donors (Lipinski definition) is 1. The van der Waals surface area contributed by atoms with Crippen LogP contribution in [-0.2, 0) is 6.54 Å². The highest BCUT2D eigenvalue weighted by atomic mass is 35.5. The van der Waals surface area contributed by atoms with Crippen molar-refractivity contribution < 1.29 is 4.74 Å². The van der Waals surface area contributed by atoms with Crippen molar-refractivity contribution >= 4 is 11.6 Å². The van der Waals surface area contributed by atoms with Gasteiger partial charge in [0.15, 0.2) is 0 Å². The number of methoxy groups -OCH3 is 1. The Bertz CT molecular complexity index is 410. The van der Waals surface area contributed by atoms with Gasteiger partial charge >= 0.3 is 0 Å². The molecular formula is C14H21ClN2O. The smallest absolute Gasteiger partial charge is 0.123 e. The molecule has 0 spiro atoms. The second-order valence-electron chi connectivity index (χ2n) is 5.39. The fourth-order valence-electron chi connectivity index (χ4n) is 2.33. The van der Waals surface area contributed by atoms with Gasteiger partial charge in [-0.15, -0.1) is 0 Å². The van der Waals surface area contributed by atoms with Crippen molar-refractivity contribution in [2.24, 2.45) is 5.73 Å². The molecular weight excluding hydrogens is 248 g/mol. The van der Waals surface area contributed by atoms with E-state index < -0.39 is 0 Å². The van der Waals surface area contributed by atoms with Crippen molar-refractivity contribution in [1.82, 2.24) is 4.90 Å². The molecule has 0 atom stereocenters. The number of ether oxygens (including phenoxy) is 1. The van der Waals surface area contributed by atoms with E-state index in [9.17, 15) is 0 Å². The van der Waals surface area contributed by atoms with Gasteiger partial charge in [0.05, 0.1) is 7.11 Å². The Balaban J connectivity index is 2.04. The van der Waals surface area contributed by atoms with Crippen molar-refractivity contribution in [2.75, 3.05) is 20.2 Å². The highest BCUT2D eigenvalue weighted by molar-refractivity contribution is 6.30. The first kappa shape index (κ1) is 13.7. The Hall–Kier alpha value is -0.770. The van der Waals surface area contributed by atoms with Crippen LogP contribution in [0.4, 0.5) is 0 Å². The van der Waals surface area contributed by atoms with Crippen LogP contribution in [0.1, 0.15) is 25.3 Å². The molecule has 0 bridgehead atoms. The first-order chi connectivity index (χ1) is 8.50. The maximum atomic E-state index is 6.14. The van der Waals surface area contributed by atoms with Gasteiger partial charge in [0, 0.05) is 35.8 Å². The van der Waals surface area contributed by atoms with Gasteiger partial charge in [-0.3, -0.25) is 4.90 Å². The summed E-state index contributed by atoms with van der Waals surface area (Å²) in [5.41, 5.74) is 7.28. The third-order valence-corrected chi connectivity index (χ3v) is 3.87. The predicted octanol–water partition coefficient (Wildman–Crippen LogP) is 2.66. The summed E-state index contributed by atoms with van der Waals surface area (Å²) in [6, 6.07) is 5.77. The Morgan fingerprint density at radius 2 is 2.06 bits per heavy atom. The second-order valence-corrected chi connectivity index (χ2v) is 5.82. The van der Waals surface area contributed by atoms with Gasteiger partial charge in [-0.25, -0.2) is 0 Å². The van der Waals surface area contributed by atoms with Gasteiger partial charge in [0.2, 0.25) is 0 Å². The molecule has 18 heavy (non-hydrogen) atoms. The molecule has 0 unspecified atom stereocenters. The summed E-state index contributed by atoms with van der Waals surface area (Å²) in [6.07, 6.45) is 2.08. The molecule has 0 aromatic heterocycles. The maximum Gasteiger partial charge on any atom is 0.123 e. The molecule has 1 saturated heterocycles. The largest absolute Gasteiger partial charge is 0.496 e. The Labute approximate surface area is 114 Å². The zero-order valence-corrected chi connectivity index (χ0v) is 11.8. The topological polar surface area (TPSA) is 38.5 Å². The maximum absolute atomic E-state index is 6.14. The normalized spacial score (nSPS) is 19.8. The monoisotopic (exact) mass is 268 g/mol. The summed E-state index contributed by atoms with van der Waals surface area (Å²) < 4.78 is 5.37. The number of likely N-dealkylation sites (tertiary alicyclic amines) is 1. The predicted molar refractivity (Wildman–Crippen MR) is 75.1 cm³/mol. The molecule has 1 aliphatic rings. The standard InChI is InChI=1S/C14H21ClN2O/c1-14(16)5-7-17(8-6-14)10-11-9-12(15)3-4-13(11)18-2/h3-4,9H,5-8,10,16H2,1-2H3. The Morgan fingerprint density at radius 3 is 2.67 bits per heavy atom. The fraction of sp³-hybridized carbons (Fsp3) is 0.571. The van der Waals surface area contributed by atoms with Gasteiger partial charge in [-0.1, -0.05) is 11.6 Å². The molecule has 1 aromatic carbocycles. The number of piperidine rings is 1. The van der Waals surface area contributed by atoms with Crippen LogP contribution >= 0.6 is 11.6 Å². The molecule has 1 heterocycles. The number of rotatable bonds is 3. The van der Waals surface area contributed by atoms with Crippen LogP contribution in [-0.4, -0.2) is 30.6 Å². The lowest BCUT2D eigenvalue weighted by atomic mass is 9.91. The number of nitrogens with two attached hydrogens (primary N) is 1. The minimum absolute atomic E-state index is 0.00504. The Morgan fingerprint density at radius 1 is 1.39 bits per heavy atom. The number of nitrogens with zero attached hydrogens (tertiary/aromatic N) is 1. The van der Waals surface area contributed by atoms with Gasteiger partial charge in [0.1, 0.15) is 5.75 Å². The molecule has 1 aromatic rings. The molecule has 100 valence electrons. The van der Waals surface area contributed by atoms with Crippen molar-refractivity contribution in [1.29, 1.82) is 0 Å². The van der Waals surface area contributed by atoms with E-state index in [0.717, 1.165) is 48.8 Å². The average Bonchev–Trinajstić information content (AvgIpc) is 2.32. The van der Waals surface area contributed by atoms with Crippen molar-refractivity contribution in [3.63, 3.8) is 0 Å². The van der Waals surface area contributed by atoms with Crippen LogP contribution in [0.3, 0.4) is 0 Å². The first-order valence-electron chi connectivity index (χ1n) is 6.34. The third kappa shape index (κ3) is 3.37.